The summed E-state index contributed by atoms with van der Waals surface area (Å²) < 4.78 is 0. The highest BCUT2D eigenvalue weighted by molar-refractivity contribution is 6.18. The van der Waals surface area contributed by atoms with Crippen LogP contribution in [0.5, 0.6) is 0 Å². The van der Waals surface area contributed by atoms with Crippen LogP contribution in [0.1, 0.15) is 17.0 Å². The van der Waals surface area contributed by atoms with E-state index in [1.807, 2.05) is 12.1 Å². The first kappa shape index (κ1) is 11.4. The Kier molecular flexibility index (Phi) is 2.27. The summed E-state index contributed by atoms with van der Waals surface area (Å²) in [5.41, 5.74) is 3.06. The molecular formula is C18H12O2. The molecular weight excluding hydrogens is 248 g/mol. The van der Waals surface area contributed by atoms with Gasteiger partial charge in [0.2, 0.25) is 0 Å². The van der Waals surface area contributed by atoms with Crippen LogP contribution in [-0.4, -0.2) is 11.6 Å². The maximum Gasteiger partial charge on any atom is 0.182 e. The van der Waals surface area contributed by atoms with E-state index in [4.69, 9.17) is 0 Å². The van der Waals surface area contributed by atoms with Gasteiger partial charge in [-0.15, -0.1) is 0 Å². The molecule has 2 heteroatoms. The van der Waals surface area contributed by atoms with Gasteiger partial charge in [0, 0.05) is 11.5 Å². The monoisotopic (exact) mass is 260 g/mol. The van der Waals surface area contributed by atoms with Crippen LogP contribution in [0.2, 0.25) is 0 Å². The van der Waals surface area contributed by atoms with Crippen molar-refractivity contribution in [2.45, 2.75) is 12.3 Å². The first-order chi connectivity index (χ1) is 9.74. The number of carbonyl (C=O) groups excluding carboxylic acids is 2. The number of carbonyl (C=O) groups is 2. The Morgan fingerprint density at radius 1 is 0.950 bits per heavy atom. The van der Waals surface area contributed by atoms with Crippen LogP contribution in [0.15, 0.2) is 60.2 Å². The minimum atomic E-state index is -0.0947. The summed E-state index contributed by atoms with van der Waals surface area (Å²) in [6.07, 6.45) is 5.03. The molecule has 0 amide bonds. The normalized spacial score (nSPS) is 20.6. The van der Waals surface area contributed by atoms with Gasteiger partial charge in [0.25, 0.3) is 0 Å². The van der Waals surface area contributed by atoms with Crippen molar-refractivity contribution >= 4 is 22.3 Å². The third kappa shape index (κ3) is 1.51. The van der Waals surface area contributed by atoms with Crippen LogP contribution >= 0.6 is 0 Å². The molecule has 0 bridgehead atoms. The Morgan fingerprint density at radius 3 is 2.60 bits per heavy atom. The molecule has 20 heavy (non-hydrogen) atoms. The molecule has 96 valence electrons. The van der Waals surface area contributed by atoms with Gasteiger partial charge in [0.15, 0.2) is 11.6 Å². The molecule has 2 nitrogen and oxygen atoms in total. The molecule has 2 aromatic rings. The molecule has 0 saturated heterocycles. The Balaban J connectivity index is 1.91. The van der Waals surface area contributed by atoms with Crippen molar-refractivity contribution in [1.29, 1.82) is 0 Å². The number of hydrogen-bond acceptors (Lipinski definition) is 2. The van der Waals surface area contributed by atoms with Crippen molar-refractivity contribution in [2.24, 2.45) is 0 Å². The van der Waals surface area contributed by atoms with E-state index < -0.39 is 0 Å². The Bertz CT molecular complexity index is 819. The topological polar surface area (TPSA) is 34.1 Å². The molecule has 2 aliphatic carbocycles. The van der Waals surface area contributed by atoms with Crippen LogP contribution in [0.25, 0.3) is 10.8 Å². The van der Waals surface area contributed by atoms with Gasteiger partial charge < -0.3 is 0 Å². The van der Waals surface area contributed by atoms with Gasteiger partial charge >= 0.3 is 0 Å². The molecule has 0 aliphatic heterocycles. The third-order valence-corrected chi connectivity index (χ3v) is 4.18. The summed E-state index contributed by atoms with van der Waals surface area (Å²) in [6, 6.07) is 12.4. The lowest BCUT2D eigenvalue weighted by molar-refractivity contribution is -0.114. The second-order valence-corrected chi connectivity index (χ2v) is 5.32. The predicted molar refractivity (Wildman–Crippen MR) is 77.6 cm³/mol. The molecule has 0 spiro atoms. The Morgan fingerprint density at radius 2 is 1.75 bits per heavy atom. The fourth-order valence-electron chi connectivity index (χ4n) is 3.32. The predicted octanol–water partition coefficient (Wildman–Crippen LogP) is 3.11. The van der Waals surface area contributed by atoms with E-state index in [1.54, 1.807) is 0 Å². The van der Waals surface area contributed by atoms with Crippen molar-refractivity contribution < 1.29 is 9.59 Å². The average Bonchev–Trinajstić information content (AvgIpc) is 2.83. The van der Waals surface area contributed by atoms with Crippen LogP contribution in [0, 0.1) is 0 Å². The van der Waals surface area contributed by atoms with E-state index in [0.29, 0.717) is 5.57 Å². The molecule has 2 aromatic carbocycles. The van der Waals surface area contributed by atoms with E-state index in [1.165, 1.54) is 40.1 Å². The quantitative estimate of drug-likeness (QED) is 0.738. The fourth-order valence-corrected chi connectivity index (χ4v) is 3.32. The van der Waals surface area contributed by atoms with Gasteiger partial charge in [-0.3, -0.25) is 9.59 Å². The van der Waals surface area contributed by atoms with Gasteiger partial charge in [-0.05, 0) is 46.5 Å². The Hall–Kier alpha value is -2.48. The van der Waals surface area contributed by atoms with Gasteiger partial charge in [0.1, 0.15) is 0 Å². The largest absolute Gasteiger partial charge is 0.290 e. The summed E-state index contributed by atoms with van der Waals surface area (Å²) in [7, 11) is 0. The third-order valence-electron chi connectivity index (χ3n) is 4.18. The second kappa shape index (κ2) is 4.01. The van der Waals surface area contributed by atoms with Gasteiger partial charge in [-0.25, -0.2) is 0 Å². The molecule has 0 N–H and O–H groups in total. The van der Waals surface area contributed by atoms with Crippen molar-refractivity contribution in [3.05, 3.63) is 71.3 Å². The first-order valence-electron chi connectivity index (χ1n) is 6.72. The zero-order valence-electron chi connectivity index (χ0n) is 10.8. The zero-order valence-corrected chi connectivity index (χ0v) is 10.8. The summed E-state index contributed by atoms with van der Waals surface area (Å²) in [5, 5.41) is 2.45. The highest BCUT2D eigenvalue weighted by atomic mass is 16.1. The molecule has 2 aliphatic rings. The number of benzene rings is 2. The minimum Gasteiger partial charge on any atom is -0.290 e. The lowest BCUT2D eigenvalue weighted by atomic mass is 9.86. The maximum absolute atomic E-state index is 12.1. The van der Waals surface area contributed by atoms with Crippen LogP contribution in [0.4, 0.5) is 0 Å². The summed E-state index contributed by atoms with van der Waals surface area (Å²) in [6.45, 7) is 0. The molecule has 0 radical (unpaired) electrons. The van der Waals surface area contributed by atoms with Crippen molar-refractivity contribution in [3.8, 4) is 0 Å². The molecule has 0 fully saturated rings. The summed E-state index contributed by atoms with van der Waals surface area (Å²) in [5.74, 6) is -0.125. The van der Waals surface area contributed by atoms with Crippen molar-refractivity contribution in [1.82, 2.24) is 0 Å². The number of allylic oxidation sites excluding steroid dienone is 4. The smallest absolute Gasteiger partial charge is 0.182 e. The van der Waals surface area contributed by atoms with Gasteiger partial charge in [-0.2, -0.15) is 0 Å². The SMILES string of the molecule is O=C1C=CC(=O)C(C2Cc3cccc4cccc2c34)=C1. The van der Waals surface area contributed by atoms with Gasteiger partial charge in [-0.1, -0.05) is 36.4 Å². The maximum atomic E-state index is 12.1. The second-order valence-electron chi connectivity index (χ2n) is 5.32. The lowest BCUT2D eigenvalue weighted by Gasteiger charge is -2.15. The number of hydrogen-bond donors (Lipinski definition) is 0. The molecule has 0 aromatic heterocycles. The van der Waals surface area contributed by atoms with E-state index >= 15 is 0 Å². The van der Waals surface area contributed by atoms with E-state index in [-0.39, 0.29) is 17.5 Å². The molecule has 1 atom stereocenters. The molecule has 1 unspecified atom stereocenters. The first-order valence-corrected chi connectivity index (χ1v) is 6.72. The zero-order chi connectivity index (χ0) is 13.7. The van der Waals surface area contributed by atoms with Crippen LogP contribution < -0.4 is 0 Å². The Labute approximate surface area is 116 Å². The lowest BCUT2D eigenvalue weighted by Crippen LogP contribution is -2.14. The van der Waals surface area contributed by atoms with Gasteiger partial charge in [0.05, 0.1) is 0 Å². The average molecular weight is 260 g/mol. The van der Waals surface area contributed by atoms with E-state index in [2.05, 4.69) is 24.3 Å². The fraction of sp³-hybridized carbons (Fsp3) is 0.111. The minimum absolute atomic E-state index is 0.0116. The van der Waals surface area contributed by atoms with E-state index in [9.17, 15) is 9.59 Å². The van der Waals surface area contributed by atoms with Crippen molar-refractivity contribution in [3.63, 3.8) is 0 Å². The number of rotatable bonds is 1. The highest BCUT2D eigenvalue weighted by Gasteiger charge is 2.30. The molecule has 4 rings (SSSR count). The summed E-state index contributed by atoms with van der Waals surface area (Å²) in [4.78, 5) is 23.7. The highest BCUT2D eigenvalue weighted by Crippen LogP contribution is 2.42. The molecule has 0 heterocycles. The standard InChI is InChI=1S/C18H12O2/c19-13-7-8-17(20)16(10-13)15-9-12-5-1-3-11-4-2-6-14(15)18(11)12/h1-8,10,15H,9H2. The summed E-state index contributed by atoms with van der Waals surface area (Å²) >= 11 is 0. The van der Waals surface area contributed by atoms with E-state index in [0.717, 1.165) is 6.42 Å². The number of ketones is 2. The van der Waals surface area contributed by atoms with Crippen LogP contribution in [0.3, 0.4) is 0 Å². The van der Waals surface area contributed by atoms with Crippen molar-refractivity contribution in [2.75, 3.05) is 0 Å². The van der Waals surface area contributed by atoms with Crippen LogP contribution in [-0.2, 0) is 16.0 Å². The molecule has 0 saturated carbocycles.